The molecule has 0 bridgehead atoms. The predicted molar refractivity (Wildman–Crippen MR) is 97.2 cm³/mol. The number of nitrogens with one attached hydrogen (secondary N) is 2. The lowest BCUT2D eigenvalue weighted by atomic mass is 9.81. The molecular formula is C19H29ClN2O. The molecule has 1 aliphatic heterocycles. The fourth-order valence-electron chi connectivity index (χ4n) is 3.95. The molecule has 4 heteroatoms. The summed E-state index contributed by atoms with van der Waals surface area (Å²) in [6, 6.07) is 8.64. The Kier molecular flexibility index (Phi) is 7.38. The summed E-state index contributed by atoms with van der Waals surface area (Å²) in [5.41, 5.74) is 2.85. The van der Waals surface area contributed by atoms with Crippen LogP contribution in [-0.2, 0) is 11.2 Å². The van der Waals surface area contributed by atoms with Gasteiger partial charge in [-0.15, -0.1) is 12.4 Å². The summed E-state index contributed by atoms with van der Waals surface area (Å²) in [6.07, 6.45) is 7.87. The summed E-state index contributed by atoms with van der Waals surface area (Å²) >= 11 is 0. The number of amides is 1. The molecule has 0 spiro atoms. The Morgan fingerprint density at radius 2 is 2.09 bits per heavy atom. The second-order valence-electron chi connectivity index (χ2n) is 6.84. The van der Waals surface area contributed by atoms with Crippen LogP contribution < -0.4 is 10.6 Å². The maximum absolute atomic E-state index is 12.2. The lowest BCUT2D eigenvalue weighted by molar-refractivity contribution is -0.121. The first kappa shape index (κ1) is 18.3. The molecule has 2 N–H and O–H groups in total. The number of aryl methyl sites for hydroxylation is 1. The van der Waals surface area contributed by atoms with Crippen molar-refractivity contribution < 1.29 is 4.79 Å². The molecule has 3 nitrogen and oxygen atoms in total. The van der Waals surface area contributed by atoms with Crippen LogP contribution in [0.3, 0.4) is 0 Å². The largest absolute Gasteiger partial charge is 0.356 e. The molecule has 1 heterocycles. The highest BCUT2D eigenvalue weighted by atomic mass is 35.5. The van der Waals surface area contributed by atoms with Crippen molar-refractivity contribution >= 4 is 18.3 Å². The lowest BCUT2D eigenvalue weighted by Gasteiger charge is -2.25. The number of carbonyl (C=O) groups excluding carboxylic acids is 1. The van der Waals surface area contributed by atoms with Gasteiger partial charge < -0.3 is 10.6 Å². The molecule has 2 aliphatic rings. The number of hydrogen-bond acceptors (Lipinski definition) is 2. The third kappa shape index (κ3) is 5.22. The Balaban J connectivity index is 0.00000192. The fourth-order valence-corrected chi connectivity index (χ4v) is 3.95. The van der Waals surface area contributed by atoms with Gasteiger partial charge in [0.05, 0.1) is 0 Å². The van der Waals surface area contributed by atoms with Gasteiger partial charge in [-0.3, -0.25) is 4.79 Å². The first-order chi connectivity index (χ1) is 10.8. The quantitative estimate of drug-likeness (QED) is 0.865. The van der Waals surface area contributed by atoms with Crippen LogP contribution >= 0.6 is 12.4 Å². The van der Waals surface area contributed by atoms with Gasteiger partial charge in [0.1, 0.15) is 0 Å². The normalized spacial score (nSPS) is 23.5. The highest BCUT2D eigenvalue weighted by Crippen LogP contribution is 2.33. The van der Waals surface area contributed by atoms with E-state index in [1.54, 1.807) is 0 Å². The minimum Gasteiger partial charge on any atom is -0.356 e. The third-order valence-electron chi connectivity index (χ3n) is 5.20. The molecular weight excluding hydrogens is 308 g/mol. The maximum atomic E-state index is 12.2. The first-order valence-corrected chi connectivity index (χ1v) is 8.88. The van der Waals surface area contributed by atoms with Gasteiger partial charge in [0.15, 0.2) is 0 Å². The van der Waals surface area contributed by atoms with Crippen molar-refractivity contribution in [3.8, 4) is 0 Å². The Labute approximate surface area is 146 Å². The summed E-state index contributed by atoms with van der Waals surface area (Å²) in [5, 5.41) is 6.58. The number of rotatable bonds is 5. The van der Waals surface area contributed by atoms with Gasteiger partial charge in [0, 0.05) is 13.0 Å². The molecule has 1 aromatic rings. The van der Waals surface area contributed by atoms with E-state index in [0.717, 1.165) is 38.4 Å². The number of hydrogen-bond donors (Lipinski definition) is 2. The van der Waals surface area contributed by atoms with Crippen molar-refractivity contribution in [3.05, 3.63) is 35.4 Å². The second-order valence-corrected chi connectivity index (χ2v) is 6.84. The van der Waals surface area contributed by atoms with E-state index in [-0.39, 0.29) is 18.3 Å². The Hall–Kier alpha value is -1.06. The number of benzene rings is 1. The topological polar surface area (TPSA) is 41.1 Å². The molecule has 0 saturated carbocycles. The fraction of sp³-hybridized carbons (Fsp3) is 0.632. The standard InChI is InChI=1S/C19H28N2O.ClH/c22-19(21-12-10-15-5-4-11-20-14-15)13-17-8-3-7-16-6-1-2-9-18(16)17;/h1-2,6,9,15,17,20H,3-5,7-8,10-14H2,(H,21,22);1H. The first-order valence-electron chi connectivity index (χ1n) is 8.88. The number of piperidine rings is 1. The van der Waals surface area contributed by atoms with E-state index in [9.17, 15) is 4.79 Å². The van der Waals surface area contributed by atoms with Crippen LogP contribution in [0.5, 0.6) is 0 Å². The highest BCUT2D eigenvalue weighted by Gasteiger charge is 2.22. The summed E-state index contributed by atoms with van der Waals surface area (Å²) in [6.45, 7) is 3.11. The molecule has 1 amide bonds. The van der Waals surface area contributed by atoms with E-state index in [0.29, 0.717) is 12.3 Å². The average Bonchev–Trinajstić information content (AvgIpc) is 2.56. The summed E-state index contributed by atoms with van der Waals surface area (Å²) in [5.74, 6) is 1.39. The van der Waals surface area contributed by atoms with Crippen molar-refractivity contribution in [1.82, 2.24) is 10.6 Å². The number of carbonyl (C=O) groups is 1. The minimum atomic E-state index is 0. The lowest BCUT2D eigenvalue weighted by Crippen LogP contribution is -2.33. The molecule has 2 unspecified atom stereocenters. The van der Waals surface area contributed by atoms with Gasteiger partial charge in [-0.05, 0) is 74.6 Å². The van der Waals surface area contributed by atoms with Crippen LogP contribution in [0.1, 0.15) is 55.6 Å². The van der Waals surface area contributed by atoms with Gasteiger partial charge >= 0.3 is 0 Å². The molecule has 0 radical (unpaired) electrons. The van der Waals surface area contributed by atoms with E-state index in [1.165, 1.54) is 36.8 Å². The zero-order chi connectivity index (χ0) is 15.2. The number of fused-ring (bicyclic) bond motifs is 1. The molecule has 1 fully saturated rings. The monoisotopic (exact) mass is 336 g/mol. The van der Waals surface area contributed by atoms with Gasteiger partial charge in [0.25, 0.3) is 0 Å². The van der Waals surface area contributed by atoms with Crippen LogP contribution in [0.15, 0.2) is 24.3 Å². The third-order valence-corrected chi connectivity index (χ3v) is 5.20. The van der Waals surface area contributed by atoms with Crippen molar-refractivity contribution in [1.29, 1.82) is 0 Å². The molecule has 128 valence electrons. The maximum Gasteiger partial charge on any atom is 0.220 e. The van der Waals surface area contributed by atoms with Crippen molar-refractivity contribution in [2.24, 2.45) is 5.92 Å². The van der Waals surface area contributed by atoms with Gasteiger partial charge in [0.2, 0.25) is 5.91 Å². The van der Waals surface area contributed by atoms with Crippen LogP contribution in [0, 0.1) is 5.92 Å². The van der Waals surface area contributed by atoms with Gasteiger partial charge in [-0.2, -0.15) is 0 Å². The molecule has 2 atom stereocenters. The predicted octanol–water partition coefficient (Wildman–Crippen LogP) is 3.42. The van der Waals surface area contributed by atoms with E-state index >= 15 is 0 Å². The second kappa shape index (κ2) is 9.29. The van der Waals surface area contributed by atoms with E-state index in [2.05, 4.69) is 34.9 Å². The summed E-state index contributed by atoms with van der Waals surface area (Å²) in [4.78, 5) is 12.2. The van der Waals surface area contributed by atoms with Crippen LogP contribution in [-0.4, -0.2) is 25.5 Å². The Morgan fingerprint density at radius 1 is 1.22 bits per heavy atom. The summed E-state index contributed by atoms with van der Waals surface area (Å²) < 4.78 is 0. The minimum absolute atomic E-state index is 0. The Morgan fingerprint density at radius 3 is 2.91 bits per heavy atom. The molecule has 1 aliphatic carbocycles. The zero-order valence-corrected chi connectivity index (χ0v) is 14.7. The zero-order valence-electron chi connectivity index (χ0n) is 13.9. The van der Waals surface area contributed by atoms with Crippen LogP contribution in [0.2, 0.25) is 0 Å². The molecule has 3 rings (SSSR count). The Bertz CT molecular complexity index is 500. The van der Waals surface area contributed by atoms with Gasteiger partial charge in [-0.25, -0.2) is 0 Å². The van der Waals surface area contributed by atoms with Crippen LogP contribution in [0.25, 0.3) is 0 Å². The van der Waals surface area contributed by atoms with Crippen molar-refractivity contribution in [2.45, 2.75) is 50.9 Å². The number of halogens is 1. The average molecular weight is 337 g/mol. The van der Waals surface area contributed by atoms with E-state index < -0.39 is 0 Å². The molecule has 1 aromatic carbocycles. The van der Waals surface area contributed by atoms with E-state index in [1.807, 2.05) is 0 Å². The molecule has 1 saturated heterocycles. The van der Waals surface area contributed by atoms with Crippen molar-refractivity contribution in [2.75, 3.05) is 19.6 Å². The van der Waals surface area contributed by atoms with E-state index in [4.69, 9.17) is 0 Å². The molecule has 0 aromatic heterocycles. The summed E-state index contributed by atoms with van der Waals surface area (Å²) in [7, 11) is 0. The highest BCUT2D eigenvalue weighted by molar-refractivity contribution is 5.85. The SMILES string of the molecule is Cl.O=C(CC1CCCc2ccccc21)NCCC1CCCNC1. The molecule has 23 heavy (non-hydrogen) atoms. The van der Waals surface area contributed by atoms with Crippen molar-refractivity contribution in [3.63, 3.8) is 0 Å². The van der Waals surface area contributed by atoms with Crippen LogP contribution in [0.4, 0.5) is 0 Å². The van der Waals surface area contributed by atoms with Gasteiger partial charge in [-0.1, -0.05) is 24.3 Å². The smallest absolute Gasteiger partial charge is 0.220 e.